The Balaban J connectivity index is 1.50. The average Bonchev–Trinajstić information content (AvgIpc) is 2.87. The van der Waals surface area contributed by atoms with Gasteiger partial charge in [0.2, 0.25) is 11.8 Å². The number of carbonyl (C=O) groups is 4. The fourth-order valence-corrected chi connectivity index (χ4v) is 4.61. The molecule has 7 nitrogen and oxygen atoms in total. The van der Waals surface area contributed by atoms with E-state index in [0.29, 0.717) is 18.5 Å². The maximum Gasteiger partial charge on any atom is 0.326 e. The molecule has 1 aromatic rings. The van der Waals surface area contributed by atoms with E-state index < -0.39 is 42.7 Å². The van der Waals surface area contributed by atoms with Crippen LogP contribution in [-0.2, 0) is 23.9 Å². The summed E-state index contributed by atoms with van der Waals surface area (Å²) in [4.78, 5) is 49.9. The molecule has 3 amide bonds. The van der Waals surface area contributed by atoms with Gasteiger partial charge in [-0.1, -0.05) is 31.9 Å². The zero-order valence-corrected chi connectivity index (χ0v) is 17.7. The molecule has 1 N–H and O–H groups in total. The van der Waals surface area contributed by atoms with E-state index in [0.717, 1.165) is 4.90 Å². The third kappa shape index (κ3) is 4.60. The molecule has 4 atom stereocenters. The minimum absolute atomic E-state index is 0.0764. The van der Waals surface area contributed by atoms with Gasteiger partial charge in [0.15, 0.2) is 6.61 Å². The quantitative estimate of drug-likeness (QED) is 0.366. The number of esters is 1. The van der Waals surface area contributed by atoms with Crippen LogP contribution in [0.5, 0.6) is 0 Å². The van der Waals surface area contributed by atoms with Crippen LogP contribution in [0.25, 0.3) is 0 Å². The van der Waals surface area contributed by atoms with E-state index in [1.807, 2.05) is 0 Å². The first-order valence-electron chi connectivity index (χ1n) is 8.60. The summed E-state index contributed by atoms with van der Waals surface area (Å²) in [5.41, 5.74) is 0.352. The van der Waals surface area contributed by atoms with Crippen molar-refractivity contribution in [2.24, 2.45) is 11.8 Å². The van der Waals surface area contributed by atoms with E-state index in [4.69, 9.17) is 4.74 Å². The second kappa shape index (κ2) is 8.69. The van der Waals surface area contributed by atoms with Gasteiger partial charge in [-0.2, -0.15) is 0 Å². The van der Waals surface area contributed by atoms with Gasteiger partial charge in [0.25, 0.3) is 5.91 Å². The number of nitrogens with zero attached hydrogens (tertiary/aromatic N) is 1. The van der Waals surface area contributed by atoms with Crippen molar-refractivity contribution < 1.29 is 28.3 Å². The Morgan fingerprint density at radius 1 is 1.07 bits per heavy atom. The third-order valence-corrected chi connectivity index (χ3v) is 7.52. The van der Waals surface area contributed by atoms with Crippen molar-refractivity contribution in [1.82, 2.24) is 4.90 Å². The summed E-state index contributed by atoms with van der Waals surface area (Å²) in [5.74, 6) is -3.56. The minimum Gasteiger partial charge on any atom is -0.454 e. The molecule has 0 spiro atoms. The smallest absolute Gasteiger partial charge is 0.326 e. The standard InChI is InChI=1S/C18H17Br2FN2O5/c19-13-5-11-12(6-14(13)20)18(27)23(17(11)26)7-16(25)28-8-15(24)22-10-3-1-9(21)2-4-10/h1-4,11-14H,5-8H2,(H,22,24)/t11-,12+,13-,14-/m0/s1. The monoisotopic (exact) mass is 518 g/mol. The molecule has 1 aliphatic heterocycles. The summed E-state index contributed by atoms with van der Waals surface area (Å²) in [6.45, 7) is -1.10. The highest BCUT2D eigenvalue weighted by atomic mass is 79.9. The first kappa shape index (κ1) is 20.9. The van der Waals surface area contributed by atoms with E-state index >= 15 is 0 Å². The number of ether oxygens (including phenoxy) is 1. The number of halogens is 3. The van der Waals surface area contributed by atoms with Crippen molar-refractivity contribution in [3.63, 3.8) is 0 Å². The van der Waals surface area contributed by atoms with Crippen LogP contribution in [0.2, 0.25) is 0 Å². The van der Waals surface area contributed by atoms with Crippen LogP contribution in [-0.4, -0.2) is 51.4 Å². The van der Waals surface area contributed by atoms with Crippen molar-refractivity contribution in [2.75, 3.05) is 18.5 Å². The second-order valence-electron chi connectivity index (χ2n) is 6.69. The third-order valence-electron chi connectivity index (χ3n) is 4.78. The van der Waals surface area contributed by atoms with Crippen LogP contribution in [0.15, 0.2) is 24.3 Å². The lowest BCUT2D eigenvalue weighted by molar-refractivity contribution is -0.154. The molecular formula is C18H17Br2FN2O5. The lowest BCUT2D eigenvalue weighted by Crippen LogP contribution is -2.37. The van der Waals surface area contributed by atoms with E-state index in [-0.39, 0.29) is 21.5 Å². The van der Waals surface area contributed by atoms with Gasteiger partial charge in [-0.3, -0.25) is 24.1 Å². The number of imide groups is 1. The first-order valence-corrected chi connectivity index (χ1v) is 10.4. The topological polar surface area (TPSA) is 92.8 Å². The average molecular weight is 520 g/mol. The molecule has 0 aromatic heterocycles. The number of nitrogens with one attached hydrogen (secondary N) is 1. The van der Waals surface area contributed by atoms with Gasteiger partial charge in [0, 0.05) is 15.3 Å². The Kier molecular flexibility index (Phi) is 6.49. The van der Waals surface area contributed by atoms with Crippen molar-refractivity contribution in [3.8, 4) is 0 Å². The maximum absolute atomic E-state index is 12.8. The summed E-state index contributed by atoms with van der Waals surface area (Å²) in [5, 5.41) is 2.45. The number of hydrogen-bond donors (Lipinski definition) is 1. The van der Waals surface area contributed by atoms with Gasteiger partial charge in [-0.25, -0.2) is 4.39 Å². The molecule has 2 fully saturated rings. The second-order valence-corrected chi connectivity index (χ2v) is 9.05. The van der Waals surface area contributed by atoms with Crippen molar-refractivity contribution in [1.29, 1.82) is 0 Å². The number of rotatable bonds is 5. The molecule has 0 unspecified atom stereocenters. The van der Waals surface area contributed by atoms with Crippen LogP contribution in [0, 0.1) is 17.7 Å². The molecule has 3 rings (SSSR count). The molecule has 0 bridgehead atoms. The number of hydrogen-bond acceptors (Lipinski definition) is 5. The van der Waals surface area contributed by atoms with Gasteiger partial charge in [0.1, 0.15) is 12.4 Å². The number of fused-ring (bicyclic) bond motifs is 1. The van der Waals surface area contributed by atoms with Crippen LogP contribution in [0.4, 0.5) is 10.1 Å². The summed E-state index contributed by atoms with van der Waals surface area (Å²) in [7, 11) is 0. The molecule has 150 valence electrons. The Bertz CT molecular complexity index is 776. The molecule has 1 heterocycles. The maximum atomic E-state index is 12.8. The number of anilines is 1. The molecule has 1 saturated heterocycles. The zero-order chi connectivity index (χ0) is 20.4. The fourth-order valence-electron chi connectivity index (χ4n) is 3.37. The SMILES string of the molecule is O=C(COC(=O)CN1C(=O)[C@H]2C[C@H](Br)[C@@H](Br)C[C@H]2C1=O)Nc1ccc(F)cc1. The molecule has 0 radical (unpaired) electrons. The predicted molar refractivity (Wildman–Crippen MR) is 104 cm³/mol. The van der Waals surface area contributed by atoms with Gasteiger partial charge in [0.05, 0.1) is 11.8 Å². The lowest BCUT2D eigenvalue weighted by Gasteiger charge is -2.29. The molecular weight excluding hydrogens is 503 g/mol. The Morgan fingerprint density at radius 3 is 2.14 bits per heavy atom. The number of benzene rings is 1. The van der Waals surface area contributed by atoms with Crippen molar-refractivity contribution in [2.45, 2.75) is 22.5 Å². The van der Waals surface area contributed by atoms with E-state index in [1.165, 1.54) is 24.3 Å². The van der Waals surface area contributed by atoms with Crippen LogP contribution >= 0.6 is 31.9 Å². The highest BCUT2D eigenvalue weighted by Crippen LogP contribution is 2.43. The minimum atomic E-state index is -0.847. The normalized spacial score (nSPS) is 26.8. The van der Waals surface area contributed by atoms with Gasteiger partial charge in [-0.05, 0) is 37.1 Å². The highest BCUT2D eigenvalue weighted by Gasteiger charge is 2.52. The predicted octanol–water partition coefficient (Wildman–Crippen LogP) is 2.23. The zero-order valence-electron chi connectivity index (χ0n) is 14.6. The summed E-state index contributed by atoms with van der Waals surface area (Å²) >= 11 is 6.99. The van der Waals surface area contributed by atoms with E-state index in [2.05, 4.69) is 37.2 Å². The van der Waals surface area contributed by atoms with Crippen LogP contribution in [0.3, 0.4) is 0 Å². The van der Waals surface area contributed by atoms with Gasteiger partial charge in [-0.15, -0.1) is 0 Å². The van der Waals surface area contributed by atoms with Crippen LogP contribution < -0.4 is 5.32 Å². The number of carbonyl (C=O) groups excluding carboxylic acids is 4. The molecule has 10 heteroatoms. The lowest BCUT2D eigenvalue weighted by atomic mass is 9.81. The molecule has 2 aliphatic rings. The van der Waals surface area contributed by atoms with Crippen LogP contribution in [0.1, 0.15) is 12.8 Å². The molecule has 1 saturated carbocycles. The van der Waals surface area contributed by atoms with E-state index in [1.54, 1.807) is 0 Å². The van der Waals surface area contributed by atoms with E-state index in [9.17, 15) is 23.6 Å². The fraction of sp³-hybridized carbons (Fsp3) is 0.444. The van der Waals surface area contributed by atoms with Crippen molar-refractivity contribution >= 4 is 61.2 Å². The molecule has 1 aromatic carbocycles. The van der Waals surface area contributed by atoms with Crippen molar-refractivity contribution in [3.05, 3.63) is 30.1 Å². The summed E-state index contributed by atoms with van der Waals surface area (Å²) < 4.78 is 17.7. The molecule has 1 aliphatic carbocycles. The Morgan fingerprint density at radius 2 is 1.61 bits per heavy atom. The number of amides is 3. The summed E-state index contributed by atoms with van der Waals surface area (Å²) in [6, 6.07) is 5.10. The van der Waals surface area contributed by atoms with Gasteiger partial charge >= 0.3 is 5.97 Å². The number of likely N-dealkylation sites (tertiary alicyclic amines) is 1. The Hall–Kier alpha value is -1.81. The Labute approximate surface area is 177 Å². The summed E-state index contributed by atoms with van der Waals surface area (Å²) in [6.07, 6.45) is 1.02. The molecule has 28 heavy (non-hydrogen) atoms. The number of alkyl halides is 2. The highest BCUT2D eigenvalue weighted by molar-refractivity contribution is 9.12. The first-order chi connectivity index (χ1) is 13.3. The van der Waals surface area contributed by atoms with Gasteiger partial charge < -0.3 is 10.1 Å². The largest absolute Gasteiger partial charge is 0.454 e.